The molecule has 0 radical (unpaired) electrons. The number of aromatic nitrogens is 4. The van der Waals surface area contributed by atoms with Crippen LogP contribution in [0.15, 0.2) is 53.8 Å². The molecule has 0 atom stereocenters. The van der Waals surface area contributed by atoms with Crippen molar-refractivity contribution >= 4 is 17.5 Å². The molecule has 0 saturated heterocycles. The number of rotatable bonds is 6. The Morgan fingerprint density at radius 2 is 1.81 bits per heavy atom. The van der Waals surface area contributed by atoms with Crippen molar-refractivity contribution in [1.29, 1.82) is 0 Å². The zero-order chi connectivity index (χ0) is 21.9. The van der Waals surface area contributed by atoms with Crippen molar-refractivity contribution in [3.05, 3.63) is 54.2 Å². The lowest BCUT2D eigenvalue weighted by Gasteiger charge is -2.10. The summed E-state index contributed by atoms with van der Waals surface area (Å²) in [6, 6.07) is 13.7. The fourth-order valence-corrected chi connectivity index (χ4v) is 4.26. The third kappa shape index (κ3) is 4.03. The molecule has 9 heteroatoms. The van der Waals surface area contributed by atoms with E-state index in [2.05, 4.69) is 15.1 Å². The molecule has 3 heterocycles. The van der Waals surface area contributed by atoms with Gasteiger partial charge in [0.25, 0.3) is 5.78 Å². The summed E-state index contributed by atoms with van der Waals surface area (Å²) in [5.41, 5.74) is 2.91. The fraction of sp³-hybridized carbons (Fsp3) is 0.261. The van der Waals surface area contributed by atoms with Crippen LogP contribution in [0.5, 0.6) is 23.0 Å². The topological polar surface area (TPSA) is 80.0 Å². The average molecular weight is 451 g/mol. The molecule has 0 N–H and O–H groups in total. The normalized spacial score (nSPS) is 13.1. The molecule has 2 aromatic carbocycles. The number of ether oxygens (including phenoxy) is 4. The van der Waals surface area contributed by atoms with Gasteiger partial charge in [-0.3, -0.25) is 0 Å². The summed E-state index contributed by atoms with van der Waals surface area (Å²) in [6.07, 6.45) is 2.62. The highest BCUT2D eigenvalue weighted by atomic mass is 32.2. The van der Waals surface area contributed by atoms with Crippen LogP contribution in [0, 0.1) is 0 Å². The maximum absolute atomic E-state index is 5.79. The van der Waals surface area contributed by atoms with Gasteiger partial charge in [0.1, 0.15) is 0 Å². The Hall–Kier alpha value is -3.46. The highest BCUT2D eigenvalue weighted by molar-refractivity contribution is 7.98. The van der Waals surface area contributed by atoms with E-state index in [1.807, 2.05) is 42.5 Å². The molecule has 1 aliphatic heterocycles. The third-order valence-corrected chi connectivity index (χ3v) is 5.99. The van der Waals surface area contributed by atoms with E-state index in [1.165, 1.54) is 0 Å². The lowest BCUT2D eigenvalue weighted by molar-refractivity contribution is 0.297. The minimum atomic E-state index is 0.540. The Morgan fingerprint density at radius 1 is 0.969 bits per heavy atom. The molecule has 164 valence electrons. The molecule has 8 nitrogen and oxygen atoms in total. The predicted molar refractivity (Wildman–Crippen MR) is 121 cm³/mol. The monoisotopic (exact) mass is 450 g/mol. The summed E-state index contributed by atoms with van der Waals surface area (Å²) >= 11 is 1.55. The van der Waals surface area contributed by atoms with Crippen LogP contribution in [-0.4, -0.2) is 47.0 Å². The highest BCUT2D eigenvalue weighted by Crippen LogP contribution is 2.34. The van der Waals surface area contributed by atoms with Crippen molar-refractivity contribution < 1.29 is 18.9 Å². The minimum Gasteiger partial charge on any atom is -0.493 e. The smallest absolute Gasteiger partial charge is 0.253 e. The largest absolute Gasteiger partial charge is 0.493 e. The molecule has 0 saturated carbocycles. The standard InChI is InChI=1S/C23H22N4O4S/c1-28-18-7-5-16(13-20(18)29-2)17-8-9-24-22-25-23(26-27(17)22)32-14-15-4-6-19-21(12-15)31-11-3-10-30-19/h4-9,12-13H,3,10-11,14H2,1-2H3. The van der Waals surface area contributed by atoms with Gasteiger partial charge in [0.2, 0.25) is 5.16 Å². The molecule has 2 aromatic heterocycles. The van der Waals surface area contributed by atoms with Gasteiger partial charge in [0.15, 0.2) is 23.0 Å². The number of methoxy groups -OCH3 is 2. The van der Waals surface area contributed by atoms with Crippen LogP contribution in [0.2, 0.25) is 0 Å². The van der Waals surface area contributed by atoms with Gasteiger partial charge in [-0.2, -0.15) is 9.50 Å². The second-order valence-electron chi connectivity index (χ2n) is 7.13. The fourth-order valence-electron chi connectivity index (χ4n) is 3.50. The average Bonchev–Trinajstić information content (AvgIpc) is 3.11. The predicted octanol–water partition coefficient (Wildman–Crippen LogP) is 4.26. The first kappa shape index (κ1) is 20.4. The van der Waals surface area contributed by atoms with E-state index in [-0.39, 0.29) is 0 Å². The summed E-state index contributed by atoms with van der Waals surface area (Å²) in [5.74, 6) is 4.16. The Bertz CT molecular complexity index is 1260. The third-order valence-electron chi connectivity index (χ3n) is 5.08. The SMILES string of the molecule is COc1ccc(-c2ccnc3nc(SCc4ccc5c(c4)OCCCO5)nn23)cc1OC. The van der Waals surface area contributed by atoms with Crippen molar-refractivity contribution in [2.24, 2.45) is 0 Å². The van der Waals surface area contributed by atoms with E-state index in [4.69, 9.17) is 18.9 Å². The van der Waals surface area contributed by atoms with Crippen molar-refractivity contribution in [2.45, 2.75) is 17.3 Å². The molecule has 0 amide bonds. The first-order valence-electron chi connectivity index (χ1n) is 10.2. The zero-order valence-corrected chi connectivity index (χ0v) is 18.6. The molecular formula is C23H22N4O4S. The molecule has 5 rings (SSSR count). The van der Waals surface area contributed by atoms with E-state index < -0.39 is 0 Å². The van der Waals surface area contributed by atoms with Crippen molar-refractivity contribution in [3.63, 3.8) is 0 Å². The Labute approximate surface area is 189 Å². The molecule has 0 spiro atoms. The summed E-state index contributed by atoms with van der Waals surface area (Å²) in [7, 11) is 3.24. The van der Waals surface area contributed by atoms with Crippen LogP contribution in [-0.2, 0) is 5.75 Å². The second kappa shape index (κ2) is 8.96. The summed E-state index contributed by atoms with van der Waals surface area (Å²) < 4.78 is 24.0. The second-order valence-corrected chi connectivity index (χ2v) is 8.07. The number of benzene rings is 2. The molecule has 4 aromatic rings. The maximum atomic E-state index is 5.79. The molecule has 0 fully saturated rings. The first-order chi connectivity index (χ1) is 15.7. The number of hydrogen-bond acceptors (Lipinski definition) is 8. The molecule has 0 bridgehead atoms. The number of thioether (sulfide) groups is 1. The molecule has 0 unspecified atom stereocenters. The molecule has 1 aliphatic rings. The van der Waals surface area contributed by atoms with Crippen LogP contribution in [0.25, 0.3) is 17.0 Å². The van der Waals surface area contributed by atoms with Gasteiger partial charge in [-0.1, -0.05) is 17.8 Å². The van der Waals surface area contributed by atoms with E-state index in [0.29, 0.717) is 41.4 Å². The van der Waals surface area contributed by atoms with E-state index in [9.17, 15) is 0 Å². The van der Waals surface area contributed by atoms with Gasteiger partial charge >= 0.3 is 0 Å². The Kier molecular flexibility index (Phi) is 5.72. The maximum Gasteiger partial charge on any atom is 0.253 e. The molecular weight excluding hydrogens is 428 g/mol. The number of hydrogen-bond donors (Lipinski definition) is 0. The van der Waals surface area contributed by atoms with Crippen molar-refractivity contribution in [2.75, 3.05) is 27.4 Å². The zero-order valence-electron chi connectivity index (χ0n) is 17.8. The van der Waals surface area contributed by atoms with Crippen LogP contribution < -0.4 is 18.9 Å². The van der Waals surface area contributed by atoms with E-state index in [1.54, 1.807) is 36.7 Å². The Morgan fingerprint density at radius 3 is 2.66 bits per heavy atom. The van der Waals surface area contributed by atoms with Crippen LogP contribution >= 0.6 is 11.8 Å². The summed E-state index contributed by atoms with van der Waals surface area (Å²) in [6.45, 7) is 1.35. The van der Waals surface area contributed by atoms with E-state index >= 15 is 0 Å². The van der Waals surface area contributed by atoms with Gasteiger partial charge in [-0.25, -0.2) is 4.98 Å². The minimum absolute atomic E-state index is 0.540. The number of fused-ring (bicyclic) bond motifs is 2. The quantitative estimate of drug-likeness (QED) is 0.403. The van der Waals surface area contributed by atoms with Gasteiger partial charge in [-0.05, 0) is 42.0 Å². The lowest BCUT2D eigenvalue weighted by atomic mass is 10.1. The number of nitrogens with zero attached hydrogens (tertiary/aromatic N) is 4. The van der Waals surface area contributed by atoms with Crippen LogP contribution in [0.4, 0.5) is 0 Å². The van der Waals surface area contributed by atoms with Gasteiger partial charge in [0, 0.05) is 23.9 Å². The summed E-state index contributed by atoms with van der Waals surface area (Å²) in [4.78, 5) is 8.96. The highest BCUT2D eigenvalue weighted by Gasteiger charge is 2.14. The van der Waals surface area contributed by atoms with Crippen molar-refractivity contribution in [3.8, 4) is 34.3 Å². The van der Waals surface area contributed by atoms with Crippen LogP contribution in [0.3, 0.4) is 0 Å². The lowest BCUT2D eigenvalue weighted by Crippen LogP contribution is -1.97. The summed E-state index contributed by atoms with van der Waals surface area (Å²) in [5, 5.41) is 5.33. The first-order valence-corrected chi connectivity index (χ1v) is 11.2. The Balaban J connectivity index is 1.40. The van der Waals surface area contributed by atoms with Gasteiger partial charge in [-0.15, -0.1) is 5.10 Å². The molecule has 0 aliphatic carbocycles. The van der Waals surface area contributed by atoms with Gasteiger partial charge in [0.05, 0.1) is 33.1 Å². The van der Waals surface area contributed by atoms with Crippen LogP contribution in [0.1, 0.15) is 12.0 Å². The van der Waals surface area contributed by atoms with E-state index in [0.717, 1.165) is 34.7 Å². The van der Waals surface area contributed by atoms with Gasteiger partial charge < -0.3 is 18.9 Å². The van der Waals surface area contributed by atoms with Crippen molar-refractivity contribution in [1.82, 2.24) is 19.6 Å². The molecule has 32 heavy (non-hydrogen) atoms.